The first kappa shape index (κ1) is 15.2. The van der Waals surface area contributed by atoms with E-state index in [1.807, 2.05) is 12.1 Å². The summed E-state index contributed by atoms with van der Waals surface area (Å²) in [7, 11) is -3.56. The second-order valence-electron chi connectivity index (χ2n) is 5.57. The summed E-state index contributed by atoms with van der Waals surface area (Å²) in [5.41, 5.74) is 3.49. The third kappa shape index (κ3) is 2.79. The number of benzene rings is 1. The van der Waals surface area contributed by atoms with Gasteiger partial charge in [-0.15, -0.1) is 0 Å². The van der Waals surface area contributed by atoms with E-state index < -0.39 is 10.0 Å². The van der Waals surface area contributed by atoms with Crippen LogP contribution in [0.2, 0.25) is 0 Å². The number of sulfonamides is 1. The van der Waals surface area contributed by atoms with Crippen LogP contribution in [0.4, 0.5) is 0 Å². The van der Waals surface area contributed by atoms with E-state index in [4.69, 9.17) is 0 Å². The van der Waals surface area contributed by atoms with Gasteiger partial charge in [-0.1, -0.05) is 24.3 Å². The molecule has 1 aromatic heterocycles. The maximum Gasteiger partial charge on any atom is 0.244 e. The number of aromatic nitrogens is 2. The minimum Gasteiger partial charge on any atom is -0.308 e. The van der Waals surface area contributed by atoms with Crippen LogP contribution in [-0.2, 0) is 16.4 Å². The number of nitrogens with one attached hydrogen (secondary N) is 3. The largest absolute Gasteiger partial charge is 0.308 e. The van der Waals surface area contributed by atoms with E-state index in [1.54, 1.807) is 13.8 Å². The second-order valence-corrected chi connectivity index (χ2v) is 7.27. The molecule has 0 fully saturated rings. The minimum absolute atomic E-state index is 0.00719. The van der Waals surface area contributed by atoms with Crippen LogP contribution in [0.25, 0.3) is 0 Å². The molecule has 3 rings (SSSR count). The molecule has 2 aromatic rings. The Balaban J connectivity index is 1.79. The van der Waals surface area contributed by atoms with Crippen LogP contribution >= 0.6 is 0 Å². The van der Waals surface area contributed by atoms with Crippen LogP contribution in [0.3, 0.4) is 0 Å². The predicted octanol–water partition coefficient (Wildman–Crippen LogP) is 1.19. The summed E-state index contributed by atoms with van der Waals surface area (Å²) in [6.45, 7) is 4.57. The van der Waals surface area contributed by atoms with E-state index in [-0.39, 0.29) is 10.9 Å². The predicted molar refractivity (Wildman–Crippen MR) is 84.1 cm³/mol. The van der Waals surface area contributed by atoms with E-state index in [0.29, 0.717) is 17.9 Å². The molecule has 0 bridgehead atoms. The topological polar surface area (TPSA) is 86.9 Å². The number of rotatable bonds is 4. The van der Waals surface area contributed by atoms with E-state index in [1.165, 1.54) is 5.56 Å². The summed E-state index contributed by atoms with van der Waals surface area (Å²) in [6.07, 6.45) is 0.972. The van der Waals surface area contributed by atoms with Gasteiger partial charge in [0.15, 0.2) is 0 Å². The van der Waals surface area contributed by atoms with Crippen molar-refractivity contribution in [3.63, 3.8) is 0 Å². The van der Waals surface area contributed by atoms with Gasteiger partial charge in [-0.2, -0.15) is 5.10 Å². The van der Waals surface area contributed by atoms with E-state index >= 15 is 0 Å². The molecule has 0 aliphatic carbocycles. The molecule has 1 aromatic carbocycles. The highest BCUT2D eigenvalue weighted by Gasteiger charge is 2.25. The molecule has 1 aliphatic rings. The molecule has 3 N–H and O–H groups in total. The number of H-pyrrole nitrogens is 1. The van der Waals surface area contributed by atoms with Crippen molar-refractivity contribution in [3.05, 3.63) is 46.8 Å². The summed E-state index contributed by atoms with van der Waals surface area (Å²) in [5, 5.41) is 10.0. The van der Waals surface area contributed by atoms with Crippen molar-refractivity contribution in [2.24, 2.45) is 0 Å². The molecular weight excluding hydrogens is 300 g/mol. The van der Waals surface area contributed by atoms with Crippen LogP contribution in [0.1, 0.15) is 28.6 Å². The normalized spacial score (nSPS) is 18.2. The lowest BCUT2D eigenvalue weighted by Crippen LogP contribution is -2.39. The van der Waals surface area contributed by atoms with Crippen molar-refractivity contribution in [1.29, 1.82) is 0 Å². The maximum atomic E-state index is 12.5. The van der Waals surface area contributed by atoms with Gasteiger partial charge < -0.3 is 5.32 Å². The quantitative estimate of drug-likeness (QED) is 0.790. The Labute approximate surface area is 130 Å². The first-order valence-corrected chi connectivity index (χ1v) is 8.80. The van der Waals surface area contributed by atoms with Gasteiger partial charge in [-0.05, 0) is 37.9 Å². The van der Waals surface area contributed by atoms with E-state index in [2.05, 4.69) is 32.4 Å². The smallest absolute Gasteiger partial charge is 0.244 e. The van der Waals surface area contributed by atoms with Crippen LogP contribution in [0.5, 0.6) is 0 Å². The zero-order chi connectivity index (χ0) is 15.7. The summed E-state index contributed by atoms with van der Waals surface area (Å²) in [6, 6.07) is 8.14. The number of aromatic amines is 1. The molecule has 1 aliphatic heterocycles. The molecule has 7 heteroatoms. The molecule has 0 amide bonds. The molecular formula is C15H20N4O2S. The Morgan fingerprint density at radius 2 is 2.09 bits per heavy atom. The maximum absolute atomic E-state index is 12.5. The number of nitrogens with zero attached hydrogens (tertiary/aromatic N) is 1. The fourth-order valence-electron chi connectivity index (χ4n) is 2.98. The lowest BCUT2D eigenvalue weighted by molar-refractivity contribution is 0.491. The van der Waals surface area contributed by atoms with Gasteiger partial charge in [0, 0.05) is 12.6 Å². The zero-order valence-electron chi connectivity index (χ0n) is 12.7. The number of aryl methyl sites for hydroxylation is 2. The van der Waals surface area contributed by atoms with Crippen LogP contribution in [0, 0.1) is 13.8 Å². The number of fused-ring (bicyclic) bond motifs is 1. The highest BCUT2D eigenvalue weighted by atomic mass is 32.2. The third-order valence-electron chi connectivity index (χ3n) is 4.02. The van der Waals surface area contributed by atoms with Gasteiger partial charge in [0.05, 0.1) is 11.4 Å². The van der Waals surface area contributed by atoms with Gasteiger partial charge in [-0.3, -0.25) is 5.10 Å². The highest BCUT2D eigenvalue weighted by molar-refractivity contribution is 7.89. The summed E-state index contributed by atoms with van der Waals surface area (Å²) in [5.74, 6) is 0. The van der Waals surface area contributed by atoms with Crippen molar-refractivity contribution >= 4 is 10.0 Å². The molecule has 1 atom stereocenters. The summed E-state index contributed by atoms with van der Waals surface area (Å²) in [4.78, 5) is 0.247. The van der Waals surface area contributed by atoms with Gasteiger partial charge in [0.2, 0.25) is 10.0 Å². The lowest BCUT2D eigenvalue weighted by Gasteiger charge is -2.27. The zero-order valence-corrected chi connectivity index (χ0v) is 13.5. The molecule has 0 saturated carbocycles. The first-order chi connectivity index (χ1) is 10.5. The molecule has 6 nitrogen and oxygen atoms in total. The molecule has 22 heavy (non-hydrogen) atoms. The lowest BCUT2D eigenvalue weighted by atomic mass is 9.95. The SMILES string of the molecule is Cc1n[nH]c(C)c1S(=O)(=O)NCC1NCCc2ccccc21. The first-order valence-electron chi connectivity index (χ1n) is 7.31. The van der Waals surface area contributed by atoms with Gasteiger partial charge in [0.25, 0.3) is 0 Å². The van der Waals surface area contributed by atoms with E-state index in [9.17, 15) is 8.42 Å². The molecule has 1 unspecified atom stereocenters. The number of hydrogen-bond acceptors (Lipinski definition) is 4. The average Bonchev–Trinajstić information content (AvgIpc) is 2.85. The number of hydrogen-bond donors (Lipinski definition) is 3. The Kier molecular flexibility index (Phi) is 4.03. The Hall–Kier alpha value is -1.70. The molecule has 0 spiro atoms. The average molecular weight is 320 g/mol. The van der Waals surface area contributed by atoms with Crippen LogP contribution in [0.15, 0.2) is 29.2 Å². The third-order valence-corrected chi connectivity index (χ3v) is 5.71. The van der Waals surface area contributed by atoms with Crippen molar-refractivity contribution in [1.82, 2.24) is 20.2 Å². The fraction of sp³-hybridized carbons (Fsp3) is 0.400. The van der Waals surface area contributed by atoms with Crippen molar-refractivity contribution in [2.45, 2.75) is 31.2 Å². The highest BCUT2D eigenvalue weighted by Crippen LogP contribution is 2.23. The Morgan fingerprint density at radius 3 is 2.82 bits per heavy atom. The van der Waals surface area contributed by atoms with Crippen molar-refractivity contribution < 1.29 is 8.42 Å². The van der Waals surface area contributed by atoms with E-state index in [0.717, 1.165) is 18.5 Å². The minimum atomic E-state index is -3.56. The van der Waals surface area contributed by atoms with Crippen LogP contribution < -0.4 is 10.0 Å². The molecule has 0 saturated heterocycles. The second kappa shape index (κ2) is 5.83. The van der Waals surface area contributed by atoms with Gasteiger partial charge >= 0.3 is 0 Å². The standard InChI is InChI=1S/C15H20N4O2S/c1-10-15(11(2)19-18-10)22(20,21)17-9-14-13-6-4-3-5-12(13)7-8-16-14/h3-6,14,16-17H,7-9H2,1-2H3,(H,18,19). The molecule has 0 radical (unpaired) electrons. The van der Waals surface area contributed by atoms with Gasteiger partial charge in [0.1, 0.15) is 4.90 Å². The van der Waals surface area contributed by atoms with Crippen LogP contribution in [-0.4, -0.2) is 31.7 Å². The Morgan fingerprint density at radius 1 is 1.32 bits per heavy atom. The summed E-state index contributed by atoms with van der Waals surface area (Å²) >= 11 is 0. The Bertz CT molecular complexity index is 763. The summed E-state index contributed by atoms with van der Waals surface area (Å²) < 4.78 is 27.7. The molecule has 2 heterocycles. The van der Waals surface area contributed by atoms with Gasteiger partial charge in [-0.25, -0.2) is 13.1 Å². The van der Waals surface area contributed by atoms with Crippen molar-refractivity contribution in [3.8, 4) is 0 Å². The fourth-order valence-corrected chi connectivity index (χ4v) is 4.39. The monoisotopic (exact) mass is 320 g/mol. The van der Waals surface area contributed by atoms with Crippen molar-refractivity contribution in [2.75, 3.05) is 13.1 Å². The molecule has 118 valence electrons.